The van der Waals surface area contributed by atoms with Crippen LogP contribution in [-0.2, 0) is 9.53 Å². The molecule has 6 nitrogen and oxygen atoms in total. The zero-order valence-electron chi connectivity index (χ0n) is 9.80. The van der Waals surface area contributed by atoms with Gasteiger partial charge < -0.3 is 15.8 Å². The molecule has 0 saturated heterocycles. The summed E-state index contributed by atoms with van der Waals surface area (Å²) in [6.45, 7) is 4.22. The van der Waals surface area contributed by atoms with E-state index in [4.69, 9.17) is 10.5 Å². The number of amides is 1. The average molecular weight is 226 g/mol. The van der Waals surface area contributed by atoms with Gasteiger partial charge in [-0.1, -0.05) is 0 Å². The molecule has 6 heteroatoms. The highest BCUT2D eigenvalue weighted by molar-refractivity contribution is 5.94. The molecule has 1 heterocycles. The fourth-order valence-electron chi connectivity index (χ4n) is 1.18. The topological polar surface area (TPSA) is 82.2 Å². The summed E-state index contributed by atoms with van der Waals surface area (Å²) >= 11 is 0. The van der Waals surface area contributed by atoms with E-state index < -0.39 is 6.04 Å². The highest BCUT2D eigenvalue weighted by Gasteiger charge is 2.14. The van der Waals surface area contributed by atoms with E-state index in [2.05, 4.69) is 10.4 Å². The number of hydrogen-bond acceptors (Lipinski definition) is 4. The van der Waals surface area contributed by atoms with E-state index >= 15 is 0 Å². The lowest BCUT2D eigenvalue weighted by Crippen LogP contribution is -2.39. The molecule has 0 bridgehead atoms. The third kappa shape index (κ3) is 3.32. The number of hydrogen-bond donors (Lipinski definition) is 2. The SMILES string of the molecule is COCC(N)C(=O)Nc1cnn(C(C)C)c1. The number of carbonyl (C=O) groups is 1. The maximum absolute atomic E-state index is 11.5. The third-order valence-electron chi connectivity index (χ3n) is 2.08. The van der Waals surface area contributed by atoms with Crippen LogP contribution in [0.15, 0.2) is 12.4 Å². The third-order valence-corrected chi connectivity index (χ3v) is 2.08. The number of methoxy groups -OCH3 is 1. The lowest BCUT2D eigenvalue weighted by molar-refractivity contribution is -0.118. The molecule has 1 atom stereocenters. The van der Waals surface area contributed by atoms with Crippen LogP contribution in [-0.4, -0.2) is 35.4 Å². The van der Waals surface area contributed by atoms with Crippen LogP contribution in [0.5, 0.6) is 0 Å². The van der Waals surface area contributed by atoms with Gasteiger partial charge in [-0.25, -0.2) is 0 Å². The molecule has 90 valence electrons. The number of nitrogens with zero attached hydrogens (tertiary/aromatic N) is 2. The first-order valence-corrected chi connectivity index (χ1v) is 5.14. The molecule has 0 aliphatic heterocycles. The standard InChI is InChI=1S/C10H18N4O2/c1-7(2)14-5-8(4-12-14)13-10(15)9(11)6-16-3/h4-5,7,9H,6,11H2,1-3H3,(H,13,15). The minimum absolute atomic E-state index is 0.199. The Morgan fingerprint density at radius 1 is 1.69 bits per heavy atom. The molecule has 16 heavy (non-hydrogen) atoms. The second-order valence-electron chi connectivity index (χ2n) is 3.85. The first-order valence-electron chi connectivity index (χ1n) is 5.14. The summed E-state index contributed by atoms with van der Waals surface area (Å²) in [6.07, 6.45) is 3.36. The summed E-state index contributed by atoms with van der Waals surface area (Å²) in [7, 11) is 1.50. The largest absolute Gasteiger partial charge is 0.383 e. The molecule has 1 aromatic heterocycles. The lowest BCUT2D eigenvalue weighted by Gasteiger charge is -2.09. The number of aromatic nitrogens is 2. The van der Waals surface area contributed by atoms with Crippen LogP contribution < -0.4 is 11.1 Å². The molecule has 0 aliphatic carbocycles. The van der Waals surface area contributed by atoms with E-state index in [0.717, 1.165) is 0 Å². The van der Waals surface area contributed by atoms with Crippen LogP contribution in [0, 0.1) is 0 Å². The van der Waals surface area contributed by atoms with Gasteiger partial charge in [0.2, 0.25) is 5.91 Å². The second kappa shape index (κ2) is 5.62. The molecule has 1 unspecified atom stereocenters. The molecule has 1 rings (SSSR count). The minimum atomic E-state index is -0.660. The van der Waals surface area contributed by atoms with Gasteiger partial charge in [0.25, 0.3) is 0 Å². The molecule has 0 aliphatic rings. The van der Waals surface area contributed by atoms with Crippen LogP contribution in [0.1, 0.15) is 19.9 Å². The minimum Gasteiger partial charge on any atom is -0.383 e. The van der Waals surface area contributed by atoms with Gasteiger partial charge in [-0.2, -0.15) is 5.10 Å². The van der Waals surface area contributed by atoms with Gasteiger partial charge >= 0.3 is 0 Å². The highest BCUT2D eigenvalue weighted by atomic mass is 16.5. The monoisotopic (exact) mass is 226 g/mol. The fourth-order valence-corrected chi connectivity index (χ4v) is 1.18. The lowest BCUT2D eigenvalue weighted by atomic mass is 10.3. The Labute approximate surface area is 94.8 Å². The first kappa shape index (κ1) is 12.7. The second-order valence-corrected chi connectivity index (χ2v) is 3.85. The van der Waals surface area contributed by atoms with Gasteiger partial charge in [0.1, 0.15) is 6.04 Å². The molecule has 0 radical (unpaired) electrons. The number of nitrogens with one attached hydrogen (secondary N) is 1. The Hall–Kier alpha value is -1.40. The molecular formula is C10H18N4O2. The van der Waals surface area contributed by atoms with Crippen molar-refractivity contribution in [1.29, 1.82) is 0 Å². The number of rotatable bonds is 5. The van der Waals surface area contributed by atoms with Gasteiger partial charge in [0.15, 0.2) is 0 Å². The molecule has 0 fully saturated rings. The smallest absolute Gasteiger partial charge is 0.243 e. The summed E-state index contributed by atoms with van der Waals surface area (Å²) in [4.78, 5) is 11.5. The van der Waals surface area contributed by atoms with Gasteiger partial charge in [0, 0.05) is 19.3 Å². The van der Waals surface area contributed by atoms with Crippen molar-refractivity contribution >= 4 is 11.6 Å². The maximum atomic E-state index is 11.5. The van der Waals surface area contributed by atoms with Gasteiger partial charge in [-0.3, -0.25) is 9.48 Å². The number of nitrogens with two attached hydrogens (primary N) is 1. The van der Waals surface area contributed by atoms with Crippen molar-refractivity contribution in [3.63, 3.8) is 0 Å². The molecule has 3 N–H and O–H groups in total. The Kier molecular flexibility index (Phi) is 4.45. The van der Waals surface area contributed by atoms with E-state index in [0.29, 0.717) is 5.69 Å². The fraction of sp³-hybridized carbons (Fsp3) is 0.600. The molecular weight excluding hydrogens is 208 g/mol. The molecule has 1 aromatic rings. The average Bonchev–Trinajstić information content (AvgIpc) is 2.66. The predicted molar refractivity (Wildman–Crippen MR) is 61.1 cm³/mol. The van der Waals surface area contributed by atoms with Crippen molar-refractivity contribution in [2.75, 3.05) is 19.0 Å². The molecule has 0 saturated carbocycles. The van der Waals surface area contributed by atoms with Crippen molar-refractivity contribution in [2.45, 2.75) is 25.9 Å². The van der Waals surface area contributed by atoms with Crippen molar-refractivity contribution in [3.8, 4) is 0 Å². The Bertz CT molecular complexity index is 348. The van der Waals surface area contributed by atoms with E-state index in [1.807, 2.05) is 13.8 Å². The number of ether oxygens (including phenoxy) is 1. The summed E-state index contributed by atoms with van der Waals surface area (Å²) in [5.74, 6) is -0.273. The Balaban J connectivity index is 2.56. The summed E-state index contributed by atoms with van der Waals surface area (Å²) in [5, 5.41) is 6.78. The van der Waals surface area contributed by atoms with Crippen molar-refractivity contribution < 1.29 is 9.53 Å². The van der Waals surface area contributed by atoms with E-state index in [1.165, 1.54) is 7.11 Å². The molecule has 0 aromatic carbocycles. The van der Waals surface area contributed by atoms with Crippen LogP contribution in [0.25, 0.3) is 0 Å². The zero-order valence-corrected chi connectivity index (χ0v) is 9.80. The summed E-state index contributed by atoms with van der Waals surface area (Å²) < 4.78 is 6.56. The van der Waals surface area contributed by atoms with Crippen LogP contribution in [0.2, 0.25) is 0 Å². The van der Waals surface area contributed by atoms with Crippen LogP contribution in [0.4, 0.5) is 5.69 Å². The van der Waals surface area contributed by atoms with Gasteiger partial charge in [-0.15, -0.1) is 0 Å². The van der Waals surface area contributed by atoms with Crippen molar-refractivity contribution in [2.24, 2.45) is 5.73 Å². The Morgan fingerprint density at radius 2 is 2.38 bits per heavy atom. The predicted octanol–water partition coefficient (Wildman–Crippen LogP) is 0.376. The number of carbonyl (C=O) groups excluding carboxylic acids is 1. The summed E-state index contributed by atoms with van der Waals surface area (Å²) in [5.41, 5.74) is 6.22. The summed E-state index contributed by atoms with van der Waals surface area (Å²) in [6, 6.07) is -0.397. The van der Waals surface area contributed by atoms with Crippen LogP contribution >= 0.6 is 0 Å². The van der Waals surface area contributed by atoms with E-state index in [-0.39, 0.29) is 18.6 Å². The first-order chi connectivity index (χ1) is 7.54. The van der Waals surface area contributed by atoms with Crippen molar-refractivity contribution in [1.82, 2.24) is 9.78 Å². The van der Waals surface area contributed by atoms with Crippen LogP contribution in [0.3, 0.4) is 0 Å². The maximum Gasteiger partial charge on any atom is 0.243 e. The highest BCUT2D eigenvalue weighted by Crippen LogP contribution is 2.09. The molecule has 1 amide bonds. The quantitative estimate of drug-likeness (QED) is 0.760. The number of anilines is 1. The van der Waals surface area contributed by atoms with E-state index in [9.17, 15) is 4.79 Å². The van der Waals surface area contributed by atoms with Gasteiger partial charge in [-0.05, 0) is 13.8 Å². The molecule has 0 spiro atoms. The van der Waals surface area contributed by atoms with Crippen molar-refractivity contribution in [3.05, 3.63) is 12.4 Å². The Morgan fingerprint density at radius 3 is 2.88 bits per heavy atom. The van der Waals surface area contributed by atoms with Gasteiger partial charge in [0.05, 0.1) is 18.5 Å². The normalized spacial score (nSPS) is 12.8. The van der Waals surface area contributed by atoms with E-state index in [1.54, 1.807) is 17.1 Å². The zero-order chi connectivity index (χ0) is 12.1.